The normalized spacial score (nSPS) is 10.4. The largest absolute Gasteiger partial charge is 0.383 e. The van der Waals surface area contributed by atoms with Crippen LogP contribution in [-0.4, -0.2) is 70.3 Å². The lowest BCUT2D eigenvalue weighted by Crippen LogP contribution is -2.43. The number of thiocarbonyl (C=S) groups is 1. The summed E-state index contributed by atoms with van der Waals surface area (Å²) in [5.74, 6) is 0. The highest BCUT2D eigenvalue weighted by atomic mass is 32.1. The van der Waals surface area contributed by atoms with E-state index >= 15 is 0 Å². The summed E-state index contributed by atoms with van der Waals surface area (Å²) in [5, 5.41) is 3.98. The Kier molecular flexibility index (Phi) is 12.7. The average Bonchev–Trinajstić information content (AvgIpc) is 2.38. The molecule has 0 saturated carbocycles. The highest BCUT2D eigenvalue weighted by Gasteiger charge is 2.08. The molecular weight excluding hydrogens is 252 g/mol. The van der Waals surface area contributed by atoms with Crippen molar-refractivity contribution < 1.29 is 14.2 Å². The number of rotatable bonds is 11. The van der Waals surface area contributed by atoms with E-state index in [0.717, 1.165) is 44.4 Å². The molecule has 0 heterocycles. The summed E-state index contributed by atoms with van der Waals surface area (Å²) in [6.07, 6.45) is 0.955. The summed E-state index contributed by atoms with van der Waals surface area (Å²) in [4.78, 5) is 2.06. The Labute approximate surface area is 116 Å². The SMILES string of the molecule is CCOCCCNC(=S)N(CCOC)CCOC. The molecule has 108 valence electrons. The van der Waals surface area contributed by atoms with Crippen molar-refractivity contribution in [2.24, 2.45) is 0 Å². The van der Waals surface area contributed by atoms with Gasteiger partial charge in [-0.15, -0.1) is 0 Å². The van der Waals surface area contributed by atoms with Crippen LogP contribution in [0, 0.1) is 0 Å². The van der Waals surface area contributed by atoms with Crippen LogP contribution in [0.2, 0.25) is 0 Å². The van der Waals surface area contributed by atoms with E-state index in [1.54, 1.807) is 14.2 Å². The second kappa shape index (κ2) is 13.0. The predicted molar refractivity (Wildman–Crippen MR) is 77.0 cm³/mol. The van der Waals surface area contributed by atoms with Gasteiger partial charge in [0, 0.05) is 47.1 Å². The number of nitrogens with zero attached hydrogens (tertiary/aromatic N) is 1. The maximum Gasteiger partial charge on any atom is 0.169 e. The minimum absolute atomic E-state index is 0.657. The molecule has 6 heteroatoms. The van der Waals surface area contributed by atoms with Gasteiger partial charge in [-0.3, -0.25) is 0 Å². The van der Waals surface area contributed by atoms with Gasteiger partial charge in [0.05, 0.1) is 13.2 Å². The molecule has 0 amide bonds. The van der Waals surface area contributed by atoms with Gasteiger partial charge in [0.25, 0.3) is 0 Å². The zero-order chi connectivity index (χ0) is 13.6. The Morgan fingerprint density at radius 2 is 1.72 bits per heavy atom. The predicted octanol–water partition coefficient (Wildman–Crippen LogP) is 0.882. The summed E-state index contributed by atoms with van der Waals surface area (Å²) in [6.45, 7) is 7.22. The summed E-state index contributed by atoms with van der Waals surface area (Å²) < 4.78 is 15.4. The summed E-state index contributed by atoms with van der Waals surface area (Å²) >= 11 is 5.34. The molecule has 0 aromatic heterocycles. The van der Waals surface area contributed by atoms with Gasteiger partial charge < -0.3 is 24.4 Å². The highest BCUT2D eigenvalue weighted by molar-refractivity contribution is 7.80. The third-order valence-corrected chi connectivity index (χ3v) is 2.77. The van der Waals surface area contributed by atoms with Crippen LogP contribution in [-0.2, 0) is 14.2 Å². The van der Waals surface area contributed by atoms with Crippen LogP contribution in [0.1, 0.15) is 13.3 Å². The molecule has 0 unspecified atom stereocenters. The second-order valence-electron chi connectivity index (χ2n) is 3.76. The Morgan fingerprint density at radius 3 is 2.22 bits per heavy atom. The monoisotopic (exact) mass is 278 g/mol. The second-order valence-corrected chi connectivity index (χ2v) is 4.14. The quantitative estimate of drug-likeness (QED) is 0.447. The third-order valence-electron chi connectivity index (χ3n) is 2.36. The van der Waals surface area contributed by atoms with E-state index in [9.17, 15) is 0 Å². The maximum absolute atomic E-state index is 5.34. The van der Waals surface area contributed by atoms with E-state index in [1.807, 2.05) is 6.92 Å². The molecule has 0 bridgehead atoms. The Hall–Kier alpha value is -0.430. The topological polar surface area (TPSA) is 43.0 Å². The van der Waals surface area contributed by atoms with Crippen LogP contribution >= 0.6 is 12.2 Å². The molecule has 0 aliphatic heterocycles. The van der Waals surface area contributed by atoms with Crippen molar-refractivity contribution in [2.75, 3.05) is 60.3 Å². The first-order valence-electron chi connectivity index (χ1n) is 6.34. The Bertz CT molecular complexity index is 198. The number of nitrogens with one attached hydrogen (secondary N) is 1. The van der Waals surface area contributed by atoms with Crippen molar-refractivity contribution in [1.82, 2.24) is 10.2 Å². The van der Waals surface area contributed by atoms with Crippen molar-refractivity contribution >= 4 is 17.3 Å². The molecule has 0 spiro atoms. The number of methoxy groups -OCH3 is 2. The molecule has 0 atom stereocenters. The molecule has 0 aliphatic rings. The fourth-order valence-corrected chi connectivity index (χ4v) is 1.63. The van der Waals surface area contributed by atoms with Crippen molar-refractivity contribution in [2.45, 2.75) is 13.3 Å². The van der Waals surface area contributed by atoms with Crippen molar-refractivity contribution in [3.8, 4) is 0 Å². The molecule has 18 heavy (non-hydrogen) atoms. The smallest absolute Gasteiger partial charge is 0.169 e. The van der Waals surface area contributed by atoms with E-state index < -0.39 is 0 Å². The van der Waals surface area contributed by atoms with Gasteiger partial charge in [-0.05, 0) is 25.6 Å². The number of hydrogen-bond donors (Lipinski definition) is 1. The van der Waals surface area contributed by atoms with Crippen LogP contribution in [0.25, 0.3) is 0 Å². The van der Waals surface area contributed by atoms with Gasteiger partial charge in [-0.1, -0.05) is 0 Å². The van der Waals surface area contributed by atoms with E-state index in [2.05, 4.69) is 10.2 Å². The molecule has 5 nitrogen and oxygen atoms in total. The first kappa shape index (κ1) is 17.6. The average molecular weight is 278 g/mol. The maximum atomic E-state index is 5.34. The van der Waals surface area contributed by atoms with Gasteiger partial charge in [0.1, 0.15) is 0 Å². The van der Waals surface area contributed by atoms with Crippen LogP contribution in [0.4, 0.5) is 0 Å². The molecule has 0 saturated heterocycles. The lowest BCUT2D eigenvalue weighted by atomic mass is 10.4. The van der Waals surface area contributed by atoms with Crippen LogP contribution < -0.4 is 5.32 Å². The molecular formula is C12H26N2O3S. The van der Waals surface area contributed by atoms with E-state index in [-0.39, 0.29) is 0 Å². The first-order valence-corrected chi connectivity index (χ1v) is 6.75. The Morgan fingerprint density at radius 1 is 1.11 bits per heavy atom. The van der Waals surface area contributed by atoms with Crippen molar-refractivity contribution in [3.63, 3.8) is 0 Å². The van der Waals surface area contributed by atoms with Gasteiger partial charge in [-0.25, -0.2) is 0 Å². The summed E-state index contributed by atoms with van der Waals surface area (Å²) in [5.41, 5.74) is 0. The molecule has 1 N–H and O–H groups in total. The molecule has 0 aliphatic carbocycles. The Balaban J connectivity index is 3.80. The molecule has 0 fully saturated rings. The van der Waals surface area contributed by atoms with Crippen molar-refractivity contribution in [3.05, 3.63) is 0 Å². The number of ether oxygens (including phenoxy) is 3. The van der Waals surface area contributed by atoms with E-state index in [1.165, 1.54) is 0 Å². The van der Waals surface area contributed by atoms with Crippen molar-refractivity contribution in [1.29, 1.82) is 0 Å². The van der Waals surface area contributed by atoms with Crippen LogP contribution in [0.3, 0.4) is 0 Å². The lowest BCUT2D eigenvalue weighted by Gasteiger charge is -2.25. The minimum Gasteiger partial charge on any atom is -0.383 e. The fraction of sp³-hybridized carbons (Fsp3) is 0.917. The summed E-state index contributed by atoms with van der Waals surface area (Å²) in [7, 11) is 3.38. The minimum atomic E-state index is 0.657. The standard InChI is InChI=1S/C12H26N2O3S/c1-4-17-9-5-6-13-12(18)14(7-10-15-2)8-11-16-3/h4-11H2,1-3H3,(H,13,18). The molecule has 0 aromatic carbocycles. The fourth-order valence-electron chi connectivity index (χ4n) is 1.34. The summed E-state index contributed by atoms with van der Waals surface area (Å²) in [6, 6.07) is 0. The van der Waals surface area contributed by atoms with E-state index in [4.69, 9.17) is 26.4 Å². The van der Waals surface area contributed by atoms with Crippen LogP contribution in [0.15, 0.2) is 0 Å². The van der Waals surface area contributed by atoms with E-state index in [0.29, 0.717) is 13.2 Å². The molecule has 0 radical (unpaired) electrons. The number of hydrogen-bond acceptors (Lipinski definition) is 4. The van der Waals surface area contributed by atoms with Gasteiger partial charge in [0.2, 0.25) is 0 Å². The van der Waals surface area contributed by atoms with Gasteiger partial charge in [0.15, 0.2) is 5.11 Å². The zero-order valence-corrected chi connectivity index (χ0v) is 12.6. The first-order chi connectivity index (χ1) is 8.76. The lowest BCUT2D eigenvalue weighted by molar-refractivity contribution is 0.142. The molecule has 0 aromatic rings. The van der Waals surface area contributed by atoms with Gasteiger partial charge >= 0.3 is 0 Å². The highest BCUT2D eigenvalue weighted by Crippen LogP contribution is 1.92. The van der Waals surface area contributed by atoms with Crippen LogP contribution in [0.5, 0.6) is 0 Å². The van der Waals surface area contributed by atoms with Gasteiger partial charge in [-0.2, -0.15) is 0 Å². The third kappa shape index (κ3) is 9.58. The zero-order valence-electron chi connectivity index (χ0n) is 11.7. The molecule has 0 rings (SSSR count).